The number of Topliss-reactive ketones (excluding diaryl/α,β-unsaturated/α-hetero) is 1. The average molecular weight is 496 g/mol. The highest BCUT2D eigenvalue weighted by molar-refractivity contribution is 7.99. The zero-order valence-corrected chi connectivity index (χ0v) is 20.2. The third kappa shape index (κ3) is 4.53. The molecule has 0 saturated carbocycles. The molecule has 0 aliphatic carbocycles. The summed E-state index contributed by atoms with van der Waals surface area (Å²) in [5.74, 6) is 1.73. The van der Waals surface area contributed by atoms with Gasteiger partial charge in [-0.3, -0.25) is 4.79 Å². The van der Waals surface area contributed by atoms with Crippen molar-refractivity contribution in [3.63, 3.8) is 0 Å². The second-order valence-electron chi connectivity index (χ2n) is 7.95. The Morgan fingerprint density at radius 1 is 1.15 bits per heavy atom. The second-order valence-corrected chi connectivity index (χ2v) is 9.33. The SMILES string of the molecule is Cc1cc(C(=O)CSc2nnnn2-c2ccc(Cl)cc2)c(C)n1C[C@H]1COc2ccccc2O1. The number of aromatic nitrogens is 5. The van der Waals surface area contributed by atoms with Gasteiger partial charge in [-0.25, -0.2) is 0 Å². The van der Waals surface area contributed by atoms with Crippen LogP contribution in [-0.2, 0) is 6.54 Å². The van der Waals surface area contributed by atoms with Gasteiger partial charge >= 0.3 is 0 Å². The normalized spacial score (nSPS) is 14.9. The van der Waals surface area contributed by atoms with E-state index in [2.05, 4.69) is 20.1 Å². The monoisotopic (exact) mass is 495 g/mol. The van der Waals surface area contributed by atoms with Gasteiger partial charge in [0.2, 0.25) is 5.16 Å². The molecule has 1 aliphatic rings. The predicted molar refractivity (Wildman–Crippen MR) is 129 cm³/mol. The minimum Gasteiger partial charge on any atom is -0.486 e. The van der Waals surface area contributed by atoms with Gasteiger partial charge in [0, 0.05) is 22.0 Å². The third-order valence-electron chi connectivity index (χ3n) is 5.67. The number of hydrogen-bond donors (Lipinski definition) is 0. The smallest absolute Gasteiger partial charge is 0.214 e. The summed E-state index contributed by atoms with van der Waals surface area (Å²) < 4.78 is 15.6. The highest BCUT2D eigenvalue weighted by atomic mass is 35.5. The van der Waals surface area contributed by atoms with E-state index in [4.69, 9.17) is 21.1 Å². The van der Waals surface area contributed by atoms with Gasteiger partial charge in [-0.2, -0.15) is 4.68 Å². The molecule has 1 aliphatic heterocycles. The molecule has 0 fully saturated rings. The Labute approximate surface area is 205 Å². The van der Waals surface area contributed by atoms with E-state index in [1.807, 2.05) is 56.3 Å². The van der Waals surface area contributed by atoms with Crippen molar-refractivity contribution >= 4 is 29.1 Å². The molecule has 3 heterocycles. The first-order valence-electron chi connectivity index (χ1n) is 10.7. The van der Waals surface area contributed by atoms with Crippen LogP contribution in [-0.4, -0.2) is 49.0 Å². The van der Waals surface area contributed by atoms with E-state index >= 15 is 0 Å². The predicted octanol–water partition coefficient (Wildman–Crippen LogP) is 4.55. The molecule has 0 unspecified atom stereocenters. The first-order valence-corrected chi connectivity index (χ1v) is 12.1. The van der Waals surface area contributed by atoms with Crippen LogP contribution in [0.4, 0.5) is 0 Å². The van der Waals surface area contributed by atoms with Gasteiger partial charge in [-0.05, 0) is 66.7 Å². The van der Waals surface area contributed by atoms with Crippen LogP contribution < -0.4 is 9.47 Å². The van der Waals surface area contributed by atoms with E-state index in [0.29, 0.717) is 28.9 Å². The maximum Gasteiger partial charge on any atom is 0.214 e. The van der Waals surface area contributed by atoms with Crippen molar-refractivity contribution in [2.45, 2.75) is 31.7 Å². The molecular formula is C24H22ClN5O3S. The number of benzene rings is 2. The summed E-state index contributed by atoms with van der Waals surface area (Å²) in [6, 6.07) is 16.8. The molecular weight excluding hydrogens is 474 g/mol. The van der Waals surface area contributed by atoms with Crippen molar-refractivity contribution in [1.29, 1.82) is 0 Å². The number of tetrazole rings is 1. The minimum atomic E-state index is -0.138. The van der Waals surface area contributed by atoms with Crippen molar-refractivity contribution in [3.8, 4) is 17.2 Å². The van der Waals surface area contributed by atoms with E-state index in [0.717, 1.165) is 28.6 Å². The lowest BCUT2D eigenvalue weighted by Gasteiger charge is -2.27. The van der Waals surface area contributed by atoms with Crippen molar-refractivity contribution in [3.05, 3.63) is 76.6 Å². The molecule has 5 rings (SSSR count). The molecule has 8 nitrogen and oxygen atoms in total. The number of fused-ring (bicyclic) bond motifs is 1. The van der Waals surface area contributed by atoms with Crippen molar-refractivity contribution in [2.24, 2.45) is 0 Å². The molecule has 0 amide bonds. The topological polar surface area (TPSA) is 84.1 Å². The van der Waals surface area contributed by atoms with Crippen LogP contribution in [0.5, 0.6) is 11.5 Å². The maximum absolute atomic E-state index is 13.1. The van der Waals surface area contributed by atoms with Crippen LogP contribution in [0, 0.1) is 13.8 Å². The molecule has 174 valence electrons. The zero-order chi connectivity index (χ0) is 23.7. The Morgan fingerprint density at radius 3 is 2.71 bits per heavy atom. The molecule has 34 heavy (non-hydrogen) atoms. The summed E-state index contributed by atoms with van der Waals surface area (Å²) in [6.07, 6.45) is -0.138. The van der Waals surface area contributed by atoms with E-state index in [1.165, 1.54) is 11.8 Å². The molecule has 1 atom stereocenters. The van der Waals surface area contributed by atoms with Gasteiger partial charge in [-0.1, -0.05) is 35.5 Å². The van der Waals surface area contributed by atoms with Crippen LogP contribution >= 0.6 is 23.4 Å². The summed E-state index contributed by atoms with van der Waals surface area (Å²) in [5, 5.41) is 13.0. The number of thioether (sulfide) groups is 1. The quantitative estimate of drug-likeness (QED) is 0.274. The molecule has 0 saturated heterocycles. The number of nitrogens with zero attached hydrogens (tertiary/aromatic N) is 5. The van der Waals surface area contributed by atoms with Gasteiger partial charge in [0.25, 0.3) is 0 Å². The fourth-order valence-corrected chi connectivity index (χ4v) is 4.84. The first-order chi connectivity index (χ1) is 16.5. The van der Waals surface area contributed by atoms with Crippen molar-refractivity contribution < 1.29 is 14.3 Å². The number of ether oxygens (including phenoxy) is 2. The fourth-order valence-electron chi connectivity index (χ4n) is 3.94. The van der Waals surface area contributed by atoms with E-state index < -0.39 is 0 Å². The van der Waals surface area contributed by atoms with Crippen LogP contribution in [0.3, 0.4) is 0 Å². The number of rotatable bonds is 7. The summed E-state index contributed by atoms with van der Waals surface area (Å²) in [4.78, 5) is 13.1. The molecule has 0 bridgehead atoms. The van der Waals surface area contributed by atoms with Gasteiger partial charge in [0.1, 0.15) is 6.61 Å². The van der Waals surface area contributed by atoms with Gasteiger partial charge < -0.3 is 14.0 Å². The third-order valence-corrected chi connectivity index (χ3v) is 6.84. The van der Waals surface area contributed by atoms with Crippen LogP contribution in [0.2, 0.25) is 5.02 Å². The van der Waals surface area contributed by atoms with Crippen LogP contribution in [0.25, 0.3) is 5.69 Å². The highest BCUT2D eigenvalue weighted by Gasteiger charge is 2.24. The lowest BCUT2D eigenvalue weighted by molar-refractivity contribution is 0.0777. The molecule has 0 spiro atoms. The highest BCUT2D eigenvalue weighted by Crippen LogP contribution is 2.32. The lowest BCUT2D eigenvalue weighted by atomic mass is 10.2. The van der Waals surface area contributed by atoms with Gasteiger partial charge in [-0.15, -0.1) is 5.10 Å². The number of ketones is 1. The Bertz CT molecular complexity index is 1330. The summed E-state index contributed by atoms with van der Waals surface area (Å²) in [7, 11) is 0. The molecule has 2 aromatic heterocycles. The summed E-state index contributed by atoms with van der Waals surface area (Å²) in [5.41, 5.74) is 3.37. The zero-order valence-electron chi connectivity index (χ0n) is 18.6. The van der Waals surface area contributed by atoms with Crippen LogP contribution in [0.15, 0.2) is 59.8 Å². The molecule has 4 aromatic rings. The first kappa shape index (κ1) is 22.5. The summed E-state index contributed by atoms with van der Waals surface area (Å²) >= 11 is 7.27. The van der Waals surface area contributed by atoms with Crippen molar-refractivity contribution in [1.82, 2.24) is 24.8 Å². The fraction of sp³-hybridized carbons (Fsp3) is 0.250. The molecule has 0 N–H and O–H groups in total. The number of carbonyl (C=O) groups excluding carboxylic acids is 1. The second kappa shape index (κ2) is 9.52. The number of carbonyl (C=O) groups is 1. The van der Waals surface area contributed by atoms with E-state index in [1.54, 1.807) is 16.8 Å². The number of hydrogen-bond acceptors (Lipinski definition) is 7. The summed E-state index contributed by atoms with van der Waals surface area (Å²) in [6.45, 7) is 5.01. The lowest BCUT2D eigenvalue weighted by Crippen LogP contribution is -2.33. The largest absolute Gasteiger partial charge is 0.486 e. The molecule has 10 heteroatoms. The average Bonchev–Trinajstić information content (AvgIpc) is 3.43. The Kier molecular flexibility index (Phi) is 6.30. The Morgan fingerprint density at radius 2 is 1.91 bits per heavy atom. The Balaban J connectivity index is 1.27. The number of halogens is 1. The standard InChI is InChI=1S/C24H22ClN5O3S/c1-15-11-20(16(2)29(15)12-19-13-32-22-5-3-4-6-23(22)33-19)21(31)14-34-24-26-27-28-30(24)18-9-7-17(25)8-10-18/h3-11,19H,12-14H2,1-2H3/t19-/m0/s1. The minimum absolute atomic E-state index is 0.0150. The maximum atomic E-state index is 13.1. The number of para-hydroxylation sites is 2. The molecule has 2 aromatic carbocycles. The Hall–Kier alpha value is -3.30. The van der Waals surface area contributed by atoms with Gasteiger partial charge in [0.05, 0.1) is 18.0 Å². The number of aryl methyl sites for hydroxylation is 1. The van der Waals surface area contributed by atoms with Gasteiger partial charge in [0.15, 0.2) is 23.4 Å². The van der Waals surface area contributed by atoms with Crippen molar-refractivity contribution in [2.75, 3.05) is 12.4 Å². The van der Waals surface area contributed by atoms with E-state index in [9.17, 15) is 4.79 Å². The van der Waals surface area contributed by atoms with E-state index in [-0.39, 0.29) is 17.6 Å². The van der Waals surface area contributed by atoms with Crippen LogP contribution in [0.1, 0.15) is 21.7 Å². The molecule has 0 radical (unpaired) electrons.